The van der Waals surface area contributed by atoms with Crippen molar-refractivity contribution >= 4 is 27.3 Å². The van der Waals surface area contributed by atoms with Crippen LogP contribution in [0.3, 0.4) is 0 Å². The number of sulfonamides is 2. The van der Waals surface area contributed by atoms with Gasteiger partial charge >= 0.3 is 11.0 Å². The van der Waals surface area contributed by atoms with Gasteiger partial charge in [-0.2, -0.15) is 26.3 Å². The van der Waals surface area contributed by atoms with Crippen molar-refractivity contribution in [1.29, 1.82) is 0 Å². The Balaban J connectivity index is -0.00000104. The van der Waals surface area contributed by atoms with Crippen molar-refractivity contribution < 1.29 is 43.2 Å². The molecule has 318 valence electrons. The molecule has 52 heavy (non-hydrogen) atoms. The molecule has 0 radical (unpaired) electrons. The predicted molar refractivity (Wildman–Crippen MR) is 214 cm³/mol. The average Bonchev–Trinajstić information content (AvgIpc) is 3.06. The molecule has 0 aliphatic heterocycles. The van der Waals surface area contributed by atoms with E-state index in [4.69, 9.17) is 0 Å². The van der Waals surface area contributed by atoms with E-state index < -0.39 is 38.3 Å². The van der Waals surface area contributed by atoms with E-state index in [-0.39, 0.29) is 0 Å². The van der Waals surface area contributed by atoms with E-state index in [0.29, 0.717) is 0 Å². The van der Waals surface area contributed by atoms with Crippen LogP contribution < -0.4 is 0 Å². The van der Waals surface area contributed by atoms with Crippen molar-refractivity contribution in [2.45, 2.75) is 220 Å². The molecule has 0 aliphatic carbocycles. The first-order valence-electron chi connectivity index (χ1n) is 20.6. The topological polar surface area (TPSA) is 82.4 Å². The molecule has 0 saturated carbocycles. The zero-order valence-corrected chi connectivity index (χ0v) is 36.4. The van der Waals surface area contributed by atoms with Gasteiger partial charge in [-0.25, -0.2) is 16.8 Å². The number of hydrogen-bond donors (Lipinski definition) is 0. The summed E-state index contributed by atoms with van der Waals surface area (Å²) in [5, 5.41) is 0. The van der Waals surface area contributed by atoms with Crippen molar-refractivity contribution in [2.75, 3.05) is 24.6 Å². The third kappa shape index (κ3) is 32.1. The molecule has 0 atom stereocenters. The lowest BCUT2D eigenvalue weighted by atomic mass is 10.1. The van der Waals surface area contributed by atoms with Crippen LogP contribution in [0.2, 0.25) is 0 Å². The van der Waals surface area contributed by atoms with Crippen LogP contribution in [0.1, 0.15) is 208 Å². The van der Waals surface area contributed by atoms with Crippen molar-refractivity contribution in [3.8, 4) is 0 Å². The number of alkyl halides is 6. The molecular weight excluding hydrogens is 744 g/mol. The molecule has 0 spiro atoms. The van der Waals surface area contributed by atoms with Crippen molar-refractivity contribution in [2.24, 2.45) is 0 Å². The summed E-state index contributed by atoms with van der Waals surface area (Å²) >= 11 is 0. The molecule has 0 aliphatic rings. The minimum atomic E-state index is -6.72. The van der Waals surface area contributed by atoms with Crippen LogP contribution in [0.15, 0.2) is 0 Å². The lowest BCUT2D eigenvalue weighted by Crippen LogP contribution is -2.30. The van der Waals surface area contributed by atoms with Crippen LogP contribution >= 0.6 is 7.26 Å². The zero-order valence-electron chi connectivity index (χ0n) is 33.8. The smallest absolute Gasteiger partial charge is 0.421 e. The first kappa shape index (κ1) is 56.2. The first-order chi connectivity index (χ1) is 24.4. The Morgan fingerprint density at radius 2 is 0.538 bits per heavy atom. The standard InChI is InChI=1S/C32H68P.C4H10.C2F6NO4S2/c1-5-9-13-17-18-19-20-21-22-23-24-28-32-33(29-25-14-10-6-2,30-26-15-11-7-3)31-27-16-12-8-4;1-3-4-2;3-1(4,5)14(10,11)9-15(12,13)2(6,7)8/h5-32H2,1-4H3;3-4H2,1-2H3;/q+1;;-1. The summed E-state index contributed by atoms with van der Waals surface area (Å²) in [6.07, 6.45) is 44.7. The number of rotatable bonds is 31. The summed E-state index contributed by atoms with van der Waals surface area (Å²) in [7, 11) is -14.1. The molecule has 0 aromatic rings. The molecule has 0 rings (SSSR count). The van der Waals surface area contributed by atoms with Crippen molar-refractivity contribution in [3.05, 3.63) is 4.13 Å². The largest absolute Gasteiger partial charge is 0.480 e. The number of nitrogens with zero attached hydrogens (tertiary/aromatic N) is 1. The summed E-state index contributed by atoms with van der Waals surface area (Å²) in [6, 6.07) is 0. The van der Waals surface area contributed by atoms with Crippen LogP contribution in [0.5, 0.6) is 0 Å². The van der Waals surface area contributed by atoms with E-state index in [0.717, 1.165) is 4.13 Å². The van der Waals surface area contributed by atoms with Gasteiger partial charge in [0.25, 0.3) is 0 Å². The quantitative estimate of drug-likeness (QED) is 0.0396. The Kier molecular flexibility index (Phi) is 36.9. The van der Waals surface area contributed by atoms with E-state index >= 15 is 0 Å². The lowest BCUT2D eigenvalue weighted by molar-refractivity contribution is -0.0444. The highest BCUT2D eigenvalue weighted by Crippen LogP contribution is 2.61. The summed E-state index contributed by atoms with van der Waals surface area (Å²) in [6.45, 7) is 13.8. The molecule has 0 bridgehead atoms. The fourth-order valence-electron chi connectivity index (χ4n) is 5.79. The second-order valence-electron chi connectivity index (χ2n) is 14.2. The number of unbranched alkanes of at least 4 members (excludes halogenated alkanes) is 21. The molecule has 14 heteroatoms. The minimum Gasteiger partial charge on any atom is -0.421 e. The Morgan fingerprint density at radius 3 is 0.731 bits per heavy atom. The van der Waals surface area contributed by atoms with Gasteiger partial charge in [0.05, 0.1) is 24.6 Å². The Bertz CT molecular complexity index is 919. The maximum atomic E-state index is 11.4. The Labute approximate surface area is 317 Å². The third-order valence-electron chi connectivity index (χ3n) is 9.23. The Hall–Kier alpha value is -0.130. The van der Waals surface area contributed by atoms with Gasteiger partial charge in [0.2, 0.25) is 0 Å². The van der Waals surface area contributed by atoms with Crippen molar-refractivity contribution in [3.63, 3.8) is 0 Å². The lowest BCUT2D eigenvalue weighted by Gasteiger charge is -2.28. The van der Waals surface area contributed by atoms with Gasteiger partial charge in [0, 0.05) is 7.26 Å². The highest BCUT2D eigenvalue weighted by atomic mass is 32.3. The molecule has 0 amide bonds. The van der Waals surface area contributed by atoms with Crippen LogP contribution in [0.4, 0.5) is 26.3 Å². The van der Waals surface area contributed by atoms with E-state index in [9.17, 15) is 43.2 Å². The summed E-state index contributed by atoms with van der Waals surface area (Å²) in [4.78, 5) is 0. The van der Waals surface area contributed by atoms with Gasteiger partial charge in [0.1, 0.15) is 0 Å². The molecule has 0 fully saturated rings. The van der Waals surface area contributed by atoms with Crippen LogP contribution in [-0.4, -0.2) is 52.5 Å². The highest BCUT2D eigenvalue weighted by Gasteiger charge is 2.47. The van der Waals surface area contributed by atoms with E-state index in [1.54, 1.807) is 50.3 Å². The van der Waals surface area contributed by atoms with Gasteiger partial charge in [-0.3, -0.25) is 0 Å². The maximum Gasteiger partial charge on any atom is 0.480 e. The minimum absolute atomic E-state index is 0.697. The molecule has 0 saturated heterocycles. The normalized spacial score (nSPS) is 12.6. The second kappa shape index (κ2) is 34.1. The Morgan fingerprint density at radius 1 is 0.346 bits per heavy atom. The summed E-state index contributed by atoms with van der Waals surface area (Å²) < 4.78 is 109. The molecule has 0 aromatic heterocycles. The zero-order chi connectivity index (χ0) is 40.4. The van der Waals surface area contributed by atoms with Gasteiger partial charge in [0.15, 0.2) is 20.0 Å². The molecule has 0 unspecified atom stereocenters. The molecule has 5 nitrogen and oxygen atoms in total. The SMILES string of the molecule is CCCC.CCCCCCCCCCCCCC[P+](CCCCCC)(CCCCCC)CCCCCC.O=S(=O)([N-]S(=O)(=O)C(F)(F)F)C(F)(F)F. The highest BCUT2D eigenvalue weighted by molar-refractivity contribution is 8.13. The van der Waals surface area contributed by atoms with Crippen LogP contribution in [-0.2, 0) is 20.0 Å². The van der Waals surface area contributed by atoms with Gasteiger partial charge in [-0.1, -0.05) is 157 Å². The van der Waals surface area contributed by atoms with E-state index in [1.807, 2.05) is 0 Å². The van der Waals surface area contributed by atoms with Gasteiger partial charge in [-0.15, -0.1) is 0 Å². The summed E-state index contributed by atoms with van der Waals surface area (Å²) in [5.41, 5.74) is -12.4. The summed E-state index contributed by atoms with van der Waals surface area (Å²) in [5.74, 6) is 0. The van der Waals surface area contributed by atoms with E-state index in [1.165, 1.54) is 141 Å². The van der Waals surface area contributed by atoms with Crippen LogP contribution in [0, 0.1) is 0 Å². The van der Waals surface area contributed by atoms with Crippen molar-refractivity contribution in [1.82, 2.24) is 0 Å². The number of halogens is 6. The predicted octanol–water partition coefficient (Wildman–Crippen LogP) is 15.3. The molecular formula is C38H78F6NO4PS2. The average molecular weight is 822 g/mol. The van der Waals surface area contributed by atoms with Crippen LogP contribution in [0.25, 0.3) is 4.13 Å². The second-order valence-corrected chi connectivity index (χ2v) is 22.1. The molecule has 0 N–H and O–H groups in total. The van der Waals surface area contributed by atoms with E-state index in [2.05, 4.69) is 41.5 Å². The fourth-order valence-corrected chi connectivity index (χ4v) is 12.4. The number of hydrogen-bond acceptors (Lipinski definition) is 4. The monoisotopic (exact) mass is 822 g/mol. The third-order valence-corrected chi connectivity index (χ3v) is 17.0. The van der Waals surface area contributed by atoms with Gasteiger partial charge < -0.3 is 4.13 Å². The van der Waals surface area contributed by atoms with Gasteiger partial charge in [-0.05, 0) is 51.4 Å². The first-order valence-corrected chi connectivity index (χ1v) is 26.0. The molecule has 0 heterocycles. The maximum absolute atomic E-state index is 11.4. The molecule has 0 aromatic carbocycles. The fraction of sp³-hybridized carbons (Fsp3) is 1.00.